The smallest absolute Gasteiger partial charge is 0.410 e. The molecule has 5 rings (SSSR count). The summed E-state index contributed by atoms with van der Waals surface area (Å²) in [6.45, 7) is 10.3. The summed E-state index contributed by atoms with van der Waals surface area (Å²) in [5, 5.41) is 4.27. The van der Waals surface area contributed by atoms with Crippen LogP contribution in [0.1, 0.15) is 84.8 Å². The van der Waals surface area contributed by atoms with Gasteiger partial charge in [-0.05, 0) is 41.7 Å². The number of hydrogen-bond donors (Lipinski definition) is 3. The lowest BCUT2D eigenvalue weighted by Gasteiger charge is -2.36. The average Bonchev–Trinajstić information content (AvgIpc) is 3.89. The van der Waals surface area contributed by atoms with E-state index in [0.717, 1.165) is 4.90 Å². The van der Waals surface area contributed by atoms with E-state index in [1.165, 1.54) is 17.0 Å². The van der Waals surface area contributed by atoms with Crippen molar-refractivity contribution in [1.29, 1.82) is 0 Å². The summed E-state index contributed by atoms with van der Waals surface area (Å²) in [4.78, 5) is 70.2. The fourth-order valence-electron chi connectivity index (χ4n) is 6.65. The van der Waals surface area contributed by atoms with Crippen LogP contribution in [0.3, 0.4) is 0 Å². The van der Waals surface area contributed by atoms with Crippen molar-refractivity contribution in [2.45, 2.75) is 122 Å². The summed E-state index contributed by atoms with van der Waals surface area (Å²) in [5.41, 5.74) is -2.64. The van der Waals surface area contributed by atoms with Crippen molar-refractivity contribution in [2.24, 2.45) is 16.7 Å². The minimum Gasteiger partial charge on any atom is -0.444 e. The molecule has 2 saturated carbocycles. The van der Waals surface area contributed by atoms with Gasteiger partial charge in [-0.1, -0.05) is 53.7 Å². The van der Waals surface area contributed by atoms with E-state index in [2.05, 4.69) is 10.6 Å². The van der Waals surface area contributed by atoms with E-state index in [9.17, 15) is 45.6 Å². The summed E-state index contributed by atoms with van der Waals surface area (Å²) >= 11 is 0. The van der Waals surface area contributed by atoms with Gasteiger partial charge in [0, 0.05) is 24.9 Å². The highest BCUT2D eigenvalue weighted by molar-refractivity contribution is 7.91. The van der Waals surface area contributed by atoms with E-state index in [1.54, 1.807) is 26.8 Å². The molecule has 5 atom stereocenters. The molecule has 282 valence electrons. The third-order valence-electron chi connectivity index (χ3n) is 9.68. The molecule has 3 N–H and O–H groups in total. The first kappa shape index (κ1) is 38.3. The summed E-state index contributed by atoms with van der Waals surface area (Å²) in [5.74, 6) is -5.64. The summed E-state index contributed by atoms with van der Waals surface area (Å²) in [6.07, 6.45) is -5.17. The number of rotatable bonds is 10. The number of amides is 5. The molecule has 1 saturated heterocycles. The van der Waals surface area contributed by atoms with Gasteiger partial charge < -0.3 is 20.3 Å². The van der Waals surface area contributed by atoms with Gasteiger partial charge in [-0.3, -0.25) is 28.8 Å². The van der Waals surface area contributed by atoms with Gasteiger partial charge in [-0.15, -0.1) is 0 Å². The van der Waals surface area contributed by atoms with Crippen molar-refractivity contribution in [3.63, 3.8) is 0 Å². The monoisotopic (exact) mass is 741 g/mol. The van der Waals surface area contributed by atoms with Crippen LogP contribution >= 0.6 is 0 Å². The van der Waals surface area contributed by atoms with E-state index in [1.807, 2.05) is 25.5 Å². The average molecular weight is 742 g/mol. The van der Waals surface area contributed by atoms with Crippen LogP contribution < -0.4 is 15.4 Å². The van der Waals surface area contributed by atoms with Crippen LogP contribution in [-0.2, 0) is 47.0 Å². The van der Waals surface area contributed by atoms with Crippen LogP contribution in [-0.4, -0.2) is 89.9 Å². The number of ether oxygens (including phenoxy) is 1. The lowest BCUT2D eigenvalue weighted by molar-refractivity contribution is -0.145. The molecule has 1 aromatic rings. The fourth-order valence-corrected chi connectivity index (χ4v) is 8.01. The van der Waals surface area contributed by atoms with Gasteiger partial charge in [0.25, 0.3) is 5.91 Å². The molecule has 13 nitrogen and oxygen atoms in total. The molecule has 3 fully saturated rings. The first-order valence-corrected chi connectivity index (χ1v) is 18.5. The highest BCUT2D eigenvalue weighted by atomic mass is 32.2. The zero-order valence-corrected chi connectivity index (χ0v) is 30.4. The lowest BCUT2D eigenvalue weighted by Crippen LogP contribution is -2.60. The molecule has 0 spiro atoms. The molecular formula is C34H46F3N5O8S. The highest BCUT2D eigenvalue weighted by Crippen LogP contribution is 2.48. The first-order chi connectivity index (χ1) is 23.5. The molecule has 2 heterocycles. The molecular weight excluding hydrogens is 695 g/mol. The molecule has 1 aromatic carbocycles. The normalized spacial score (nSPS) is 25.3. The summed E-state index contributed by atoms with van der Waals surface area (Å²) in [6, 6.07) is 1.83. The molecule has 0 radical (unpaired) electrons. The third-order valence-corrected chi connectivity index (χ3v) is 11.5. The Labute approximate surface area is 295 Å². The minimum absolute atomic E-state index is 0.0630. The van der Waals surface area contributed by atoms with Crippen molar-refractivity contribution in [3.05, 3.63) is 35.1 Å². The number of sulfonamides is 1. The van der Waals surface area contributed by atoms with Gasteiger partial charge in [0.15, 0.2) is 0 Å². The van der Waals surface area contributed by atoms with Crippen LogP contribution in [0.2, 0.25) is 0 Å². The molecule has 5 amide bonds. The topological polar surface area (TPSA) is 171 Å². The number of halogens is 3. The Morgan fingerprint density at radius 1 is 1.04 bits per heavy atom. The fraction of sp³-hybridized carbons (Fsp3) is 0.676. The summed E-state index contributed by atoms with van der Waals surface area (Å²) in [7, 11) is -4.15. The van der Waals surface area contributed by atoms with Crippen LogP contribution in [0, 0.1) is 22.6 Å². The second-order valence-electron chi connectivity index (χ2n) is 16.4. The van der Waals surface area contributed by atoms with Crippen LogP contribution in [0.5, 0.6) is 0 Å². The number of carbonyl (C=O) groups excluding carboxylic acids is 5. The van der Waals surface area contributed by atoms with E-state index >= 15 is 0 Å². The standard InChI is InChI=1S/C34H46F3N5O8S/c1-32(2,3)14-25(43)38-26(33(4,5)6)29(45)42-16-19(50-31(47)41-15-18-8-7-9-23(35)21(18)17-41)12-24(42)28(44)39-34(13-22(34)27(36)37)30(46)40-51(48,49)20-10-11-20/h7-9,19-20,22,24,26-27H,10-17H2,1-6H3,(H,38,43)(H,39,44)(H,40,46)/t19-,22+,24?,26-,34+/m1/s1. The predicted octanol–water partition coefficient (Wildman–Crippen LogP) is 2.96. The minimum atomic E-state index is -4.15. The van der Waals surface area contributed by atoms with Gasteiger partial charge in [0.05, 0.1) is 24.3 Å². The second-order valence-corrected chi connectivity index (χ2v) is 18.3. The molecule has 0 bridgehead atoms. The maximum atomic E-state index is 14.4. The van der Waals surface area contributed by atoms with E-state index in [0.29, 0.717) is 24.0 Å². The van der Waals surface area contributed by atoms with Crippen molar-refractivity contribution in [1.82, 2.24) is 25.2 Å². The number of benzene rings is 1. The largest absolute Gasteiger partial charge is 0.444 e. The maximum Gasteiger partial charge on any atom is 0.410 e. The third kappa shape index (κ3) is 8.44. The maximum absolute atomic E-state index is 14.4. The Bertz CT molecular complexity index is 1710. The number of fused-ring (bicyclic) bond motifs is 1. The predicted molar refractivity (Wildman–Crippen MR) is 177 cm³/mol. The number of likely N-dealkylation sites (tertiary alicyclic amines) is 1. The van der Waals surface area contributed by atoms with Crippen LogP contribution in [0.15, 0.2) is 18.2 Å². The van der Waals surface area contributed by atoms with E-state index in [-0.39, 0.29) is 32.5 Å². The number of nitrogens with one attached hydrogen (secondary N) is 3. The number of alkyl halides is 2. The highest BCUT2D eigenvalue weighted by Gasteiger charge is 2.67. The number of hydrogen-bond acceptors (Lipinski definition) is 8. The molecule has 1 unspecified atom stereocenters. The number of carbonyl (C=O) groups is 5. The Kier molecular flexibility index (Phi) is 10.2. The SMILES string of the molecule is CC(C)(C)CC(=O)N[C@H](C(=O)N1C[C@H](OC(=O)N2Cc3cccc(F)c3C2)CC1C(=O)N[C@@]1(C(=O)NS(=O)(=O)C2CC2)C[C@H]1C(F)F)C(C)(C)C. The van der Waals surface area contributed by atoms with Gasteiger partial charge in [-0.25, -0.2) is 26.4 Å². The molecule has 4 aliphatic rings. The zero-order chi connectivity index (χ0) is 37.8. The molecule has 0 aromatic heterocycles. The van der Waals surface area contributed by atoms with Crippen molar-refractivity contribution < 1.29 is 50.3 Å². The van der Waals surface area contributed by atoms with Gasteiger partial charge >= 0.3 is 6.09 Å². The van der Waals surface area contributed by atoms with Crippen molar-refractivity contribution in [2.75, 3.05) is 6.54 Å². The Balaban J connectivity index is 1.39. The van der Waals surface area contributed by atoms with E-state index in [4.69, 9.17) is 4.74 Å². The lowest BCUT2D eigenvalue weighted by atomic mass is 9.84. The van der Waals surface area contributed by atoms with Crippen LogP contribution in [0.25, 0.3) is 0 Å². The van der Waals surface area contributed by atoms with E-state index < -0.39 is 104 Å². The van der Waals surface area contributed by atoms with Crippen LogP contribution in [0.4, 0.5) is 18.0 Å². The van der Waals surface area contributed by atoms with Crippen molar-refractivity contribution >= 4 is 39.7 Å². The first-order valence-electron chi connectivity index (χ1n) is 17.0. The molecule has 2 aliphatic heterocycles. The molecule has 51 heavy (non-hydrogen) atoms. The van der Waals surface area contributed by atoms with Crippen molar-refractivity contribution in [3.8, 4) is 0 Å². The van der Waals surface area contributed by atoms with Gasteiger partial charge in [-0.2, -0.15) is 0 Å². The quantitative estimate of drug-likeness (QED) is 0.329. The Morgan fingerprint density at radius 3 is 2.25 bits per heavy atom. The zero-order valence-electron chi connectivity index (χ0n) is 29.6. The molecule has 2 aliphatic carbocycles. The Hall–Kier alpha value is -3.89. The second kappa shape index (κ2) is 13.6. The summed E-state index contributed by atoms with van der Waals surface area (Å²) < 4.78 is 75.0. The van der Waals surface area contributed by atoms with Gasteiger partial charge in [0.2, 0.25) is 34.2 Å². The van der Waals surface area contributed by atoms with Gasteiger partial charge in [0.1, 0.15) is 29.5 Å². The molecule has 17 heteroatoms. The Morgan fingerprint density at radius 2 is 1.71 bits per heavy atom. The number of nitrogens with zero attached hydrogens (tertiary/aromatic N) is 2.